The molecule has 0 heterocycles. The molecule has 3 nitrogen and oxygen atoms in total. The molecule has 0 radical (unpaired) electrons. The fourth-order valence-electron chi connectivity index (χ4n) is 4.90. The van der Waals surface area contributed by atoms with Gasteiger partial charge in [0.25, 0.3) is 0 Å². The van der Waals surface area contributed by atoms with Gasteiger partial charge in [-0.25, -0.2) is 4.79 Å². The molecule has 0 bridgehead atoms. The summed E-state index contributed by atoms with van der Waals surface area (Å²) in [7, 11) is 0. The smallest absolute Gasteiger partial charge is 0.394 e. The summed E-state index contributed by atoms with van der Waals surface area (Å²) < 4.78 is 12.1. The monoisotopic (exact) mass is 434 g/mol. The Kier molecular flexibility index (Phi) is 6.65. The van der Waals surface area contributed by atoms with E-state index < -0.39 is 6.16 Å². The second-order valence-electron chi connectivity index (χ2n) is 10.5. The lowest BCUT2D eigenvalue weighted by Crippen LogP contribution is -2.19. The highest BCUT2D eigenvalue weighted by Crippen LogP contribution is 2.48. The van der Waals surface area contributed by atoms with Gasteiger partial charge >= 0.3 is 6.16 Å². The van der Waals surface area contributed by atoms with Gasteiger partial charge < -0.3 is 9.47 Å². The van der Waals surface area contributed by atoms with Crippen molar-refractivity contribution < 1.29 is 14.3 Å². The van der Waals surface area contributed by atoms with Crippen LogP contribution < -0.4 is 9.47 Å². The molecule has 0 saturated heterocycles. The molecule has 0 N–H and O–H groups in total. The van der Waals surface area contributed by atoms with Crippen molar-refractivity contribution in [2.24, 2.45) is 11.8 Å². The average molecular weight is 435 g/mol. The van der Waals surface area contributed by atoms with Crippen molar-refractivity contribution in [2.45, 2.75) is 90.9 Å². The Balaban J connectivity index is 1.65. The van der Waals surface area contributed by atoms with Crippen LogP contribution >= 0.6 is 0 Å². The number of hydrogen-bond acceptors (Lipinski definition) is 3. The lowest BCUT2D eigenvalue weighted by molar-refractivity contribution is 0.149. The third-order valence-electron chi connectivity index (χ3n) is 7.41. The minimum Gasteiger partial charge on any atom is -0.394 e. The SMILES string of the molecule is CC(C)c1cccc(C(C)C2CC2)c1OC(=O)Oc1c(C(C)C)cccc1C(C)C1CC1. The summed E-state index contributed by atoms with van der Waals surface area (Å²) in [5, 5.41) is 0. The summed E-state index contributed by atoms with van der Waals surface area (Å²) in [4.78, 5) is 13.2. The molecule has 32 heavy (non-hydrogen) atoms. The molecule has 0 aliphatic heterocycles. The van der Waals surface area contributed by atoms with Gasteiger partial charge in [0, 0.05) is 0 Å². The van der Waals surface area contributed by atoms with Gasteiger partial charge in [0.15, 0.2) is 0 Å². The summed E-state index contributed by atoms with van der Waals surface area (Å²) in [5.74, 6) is 4.05. The van der Waals surface area contributed by atoms with Gasteiger partial charge in [0.05, 0.1) is 0 Å². The standard InChI is InChI=1S/C29H38O3/c1-17(2)23-9-7-11-25(19(5)21-13-14-21)27(23)31-29(30)32-28-24(18(3)4)10-8-12-26(28)20(6)22-15-16-22/h7-12,17-22H,13-16H2,1-6H3. The Bertz CT molecular complexity index is 889. The molecule has 2 aliphatic carbocycles. The Morgan fingerprint density at radius 3 is 1.31 bits per heavy atom. The summed E-state index contributed by atoms with van der Waals surface area (Å²) >= 11 is 0. The quantitative estimate of drug-likeness (QED) is 0.308. The molecular formula is C29H38O3. The molecule has 2 atom stereocenters. The van der Waals surface area contributed by atoms with Crippen molar-refractivity contribution >= 4 is 6.16 Å². The molecule has 2 fully saturated rings. The molecule has 3 heteroatoms. The zero-order valence-corrected chi connectivity index (χ0v) is 20.5. The Labute approximate surface area is 193 Å². The normalized spacial score (nSPS) is 18.0. The summed E-state index contributed by atoms with van der Waals surface area (Å²) in [6.45, 7) is 13.1. The lowest BCUT2D eigenvalue weighted by atomic mass is 9.90. The largest absolute Gasteiger partial charge is 0.519 e. The van der Waals surface area contributed by atoms with Gasteiger partial charge in [-0.2, -0.15) is 0 Å². The summed E-state index contributed by atoms with van der Waals surface area (Å²) in [6.07, 6.45) is 4.38. The molecule has 0 amide bonds. The van der Waals surface area contributed by atoms with E-state index in [4.69, 9.17) is 9.47 Å². The predicted molar refractivity (Wildman–Crippen MR) is 130 cm³/mol. The predicted octanol–water partition coefficient (Wildman–Crippen LogP) is 8.54. The van der Waals surface area contributed by atoms with Gasteiger partial charge in [0.1, 0.15) is 11.5 Å². The third-order valence-corrected chi connectivity index (χ3v) is 7.41. The minimum absolute atomic E-state index is 0.262. The number of benzene rings is 2. The number of para-hydroxylation sites is 2. The average Bonchev–Trinajstić information content (AvgIpc) is 3.65. The first-order valence-corrected chi connectivity index (χ1v) is 12.4. The molecule has 2 aromatic rings. The topological polar surface area (TPSA) is 35.5 Å². The maximum Gasteiger partial charge on any atom is 0.519 e. The fourth-order valence-corrected chi connectivity index (χ4v) is 4.90. The molecular weight excluding hydrogens is 396 g/mol. The molecule has 4 rings (SSSR count). The van der Waals surface area contributed by atoms with E-state index in [9.17, 15) is 4.79 Å². The Hall–Kier alpha value is -2.29. The number of carbonyl (C=O) groups is 1. The summed E-state index contributed by atoms with van der Waals surface area (Å²) in [6, 6.07) is 12.5. The molecule has 172 valence electrons. The highest BCUT2D eigenvalue weighted by atomic mass is 16.7. The number of hydrogen-bond donors (Lipinski definition) is 0. The molecule has 0 spiro atoms. The van der Waals surface area contributed by atoms with E-state index in [0.717, 1.165) is 22.3 Å². The van der Waals surface area contributed by atoms with Crippen molar-refractivity contribution in [3.63, 3.8) is 0 Å². The van der Waals surface area contributed by atoms with E-state index in [-0.39, 0.29) is 11.8 Å². The maximum atomic E-state index is 13.2. The second kappa shape index (κ2) is 9.29. The molecule has 2 aliphatic rings. The van der Waals surface area contributed by atoms with Gasteiger partial charge in [-0.05, 0) is 83.4 Å². The highest BCUT2D eigenvalue weighted by molar-refractivity contribution is 5.70. The van der Waals surface area contributed by atoms with E-state index in [0.29, 0.717) is 35.2 Å². The Morgan fingerprint density at radius 2 is 1.00 bits per heavy atom. The number of rotatable bonds is 8. The van der Waals surface area contributed by atoms with Crippen LogP contribution in [-0.4, -0.2) is 6.16 Å². The zero-order valence-electron chi connectivity index (χ0n) is 20.5. The highest BCUT2D eigenvalue weighted by Gasteiger charge is 2.34. The first kappa shape index (κ1) is 22.9. The van der Waals surface area contributed by atoms with E-state index >= 15 is 0 Å². The van der Waals surface area contributed by atoms with Crippen LogP contribution in [0.25, 0.3) is 0 Å². The third kappa shape index (κ3) is 4.87. The van der Waals surface area contributed by atoms with Gasteiger partial charge in [-0.3, -0.25) is 0 Å². The van der Waals surface area contributed by atoms with Gasteiger partial charge in [0.2, 0.25) is 0 Å². The van der Waals surface area contributed by atoms with Gasteiger partial charge in [-0.1, -0.05) is 77.9 Å². The van der Waals surface area contributed by atoms with Crippen LogP contribution in [0.15, 0.2) is 36.4 Å². The van der Waals surface area contributed by atoms with E-state index in [1.54, 1.807) is 0 Å². The van der Waals surface area contributed by atoms with Crippen LogP contribution in [0.5, 0.6) is 11.5 Å². The zero-order chi connectivity index (χ0) is 23.0. The van der Waals surface area contributed by atoms with E-state index in [1.807, 2.05) is 0 Å². The molecule has 2 saturated carbocycles. The van der Waals surface area contributed by atoms with E-state index in [2.05, 4.69) is 77.9 Å². The van der Waals surface area contributed by atoms with Crippen LogP contribution in [0.2, 0.25) is 0 Å². The van der Waals surface area contributed by atoms with Crippen LogP contribution in [0, 0.1) is 11.8 Å². The molecule has 2 unspecified atom stereocenters. The second-order valence-corrected chi connectivity index (χ2v) is 10.5. The minimum atomic E-state index is -0.625. The number of carbonyl (C=O) groups excluding carboxylic acids is 1. The van der Waals surface area contributed by atoms with Crippen molar-refractivity contribution in [3.05, 3.63) is 58.7 Å². The van der Waals surface area contributed by atoms with Crippen molar-refractivity contribution in [2.75, 3.05) is 0 Å². The van der Waals surface area contributed by atoms with Crippen LogP contribution in [0.1, 0.15) is 113 Å². The van der Waals surface area contributed by atoms with Crippen molar-refractivity contribution in [3.8, 4) is 11.5 Å². The fraction of sp³-hybridized carbons (Fsp3) is 0.552. The van der Waals surface area contributed by atoms with Crippen LogP contribution in [0.3, 0.4) is 0 Å². The molecule has 2 aromatic carbocycles. The maximum absolute atomic E-state index is 13.2. The van der Waals surface area contributed by atoms with Crippen LogP contribution in [0.4, 0.5) is 4.79 Å². The van der Waals surface area contributed by atoms with Gasteiger partial charge in [-0.15, -0.1) is 0 Å². The first-order chi connectivity index (χ1) is 15.3. The Morgan fingerprint density at radius 1 is 0.656 bits per heavy atom. The lowest BCUT2D eigenvalue weighted by Gasteiger charge is -2.22. The van der Waals surface area contributed by atoms with Crippen molar-refractivity contribution in [1.29, 1.82) is 0 Å². The molecule has 0 aromatic heterocycles. The summed E-state index contributed by atoms with van der Waals surface area (Å²) in [5.41, 5.74) is 4.38. The van der Waals surface area contributed by atoms with E-state index in [1.165, 1.54) is 25.7 Å². The number of ether oxygens (including phenoxy) is 2. The van der Waals surface area contributed by atoms with Crippen molar-refractivity contribution in [1.82, 2.24) is 0 Å². The first-order valence-electron chi connectivity index (χ1n) is 12.4. The van der Waals surface area contributed by atoms with Crippen LogP contribution in [-0.2, 0) is 0 Å².